The molecule has 2 heterocycles. The first kappa shape index (κ1) is 21.1. The number of aromatic nitrogens is 1. The van der Waals surface area contributed by atoms with E-state index in [2.05, 4.69) is 47.4 Å². The summed E-state index contributed by atoms with van der Waals surface area (Å²) in [5.74, 6) is 0.788. The lowest BCUT2D eigenvalue weighted by Gasteiger charge is -2.19. The van der Waals surface area contributed by atoms with E-state index in [0.717, 1.165) is 36.8 Å². The third kappa shape index (κ3) is 7.31. The molecule has 1 aliphatic rings. The molecule has 1 aromatic rings. The fourth-order valence-electron chi connectivity index (χ4n) is 2.36. The number of hydrogen-bond donors (Lipinski definition) is 2. The van der Waals surface area contributed by atoms with Crippen LogP contribution < -0.4 is 10.6 Å². The number of pyridine rings is 1. The van der Waals surface area contributed by atoms with Crippen molar-refractivity contribution in [3.05, 3.63) is 29.6 Å². The zero-order chi connectivity index (χ0) is 16.5. The van der Waals surface area contributed by atoms with Gasteiger partial charge in [0.1, 0.15) is 0 Å². The monoisotopic (exact) mass is 448 g/mol. The van der Waals surface area contributed by atoms with E-state index in [1.165, 1.54) is 0 Å². The molecule has 1 aromatic heterocycles. The van der Waals surface area contributed by atoms with Crippen LogP contribution in [0.25, 0.3) is 0 Å². The van der Waals surface area contributed by atoms with E-state index in [0.29, 0.717) is 19.8 Å². The minimum absolute atomic E-state index is 0. The van der Waals surface area contributed by atoms with Gasteiger partial charge in [0.15, 0.2) is 5.96 Å². The van der Waals surface area contributed by atoms with Gasteiger partial charge in [0, 0.05) is 25.4 Å². The molecule has 24 heavy (non-hydrogen) atoms. The molecular weight excluding hydrogens is 419 g/mol. The van der Waals surface area contributed by atoms with Gasteiger partial charge in [-0.05, 0) is 38.8 Å². The number of aryl methyl sites for hydroxylation is 1. The quantitative estimate of drug-likeness (QED) is 0.381. The predicted octanol–water partition coefficient (Wildman–Crippen LogP) is 2.26. The lowest BCUT2D eigenvalue weighted by atomic mass is 10.2. The Morgan fingerprint density at radius 3 is 3.04 bits per heavy atom. The van der Waals surface area contributed by atoms with Gasteiger partial charge in [0.2, 0.25) is 0 Å². The van der Waals surface area contributed by atoms with Crippen LogP contribution in [0.1, 0.15) is 31.5 Å². The summed E-state index contributed by atoms with van der Waals surface area (Å²) in [7, 11) is 0. The summed E-state index contributed by atoms with van der Waals surface area (Å²) < 4.78 is 11.2. The Hall–Kier alpha value is -0.930. The van der Waals surface area contributed by atoms with E-state index in [-0.39, 0.29) is 36.1 Å². The molecule has 0 radical (unpaired) electrons. The summed E-state index contributed by atoms with van der Waals surface area (Å²) >= 11 is 0. The summed E-state index contributed by atoms with van der Waals surface area (Å²) in [4.78, 5) is 8.99. The molecule has 0 spiro atoms. The average molecular weight is 448 g/mol. The van der Waals surface area contributed by atoms with Crippen LogP contribution in [-0.2, 0) is 16.0 Å². The number of halogens is 1. The maximum absolute atomic E-state index is 5.84. The Kier molecular flexibility index (Phi) is 10.2. The Morgan fingerprint density at radius 2 is 2.38 bits per heavy atom. The first-order chi connectivity index (χ1) is 11.2. The molecule has 0 aliphatic carbocycles. The van der Waals surface area contributed by atoms with Crippen molar-refractivity contribution in [2.75, 3.05) is 26.4 Å². The zero-order valence-corrected chi connectivity index (χ0v) is 17.1. The first-order valence-electron chi connectivity index (χ1n) is 8.33. The molecule has 0 bridgehead atoms. The van der Waals surface area contributed by atoms with Gasteiger partial charge >= 0.3 is 0 Å². The summed E-state index contributed by atoms with van der Waals surface area (Å²) in [6.45, 7) is 9.73. The molecule has 2 atom stereocenters. The van der Waals surface area contributed by atoms with E-state index >= 15 is 0 Å². The Bertz CT molecular complexity index is 507. The zero-order valence-electron chi connectivity index (χ0n) is 14.7. The van der Waals surface area contributed by atoms with Crippen molar-refractivity contribution in [2.24, 2.45) is 4.99 Å². The van der Waals surface area contributed by atoms with Crippen LogP contribution in [0.5, 0.6) is 0 Å². The minimum Gasteiger partial charge on any atom is -0.379 e. The summed E-state index contributed by atoms with van der Waals surface area (Å²) in [6, 6.07) is 4.18. The SMILES string of the molecule is CCNC(=NCc1ncccc1C)NC(C)COC1CCOC1.I. The number of nitrogens with zero attached hydrogens (tertiary/aromatic N) is 2. The van der Waals surface area contributed by atoms with Crippen LogP contribution in [-0.4, -0.2) is 49.5 Å². The largest absolute Gasteiger partial charge is 0.379 e. The van der Waals surface area contributed by atoms with Crippen molar-refractivity contribution >= 4 is 29.9 Å². The molecule has 2 N–H and O–H groups in total. The summed E-state index contributed by atoms with van der Waals surface area (Å²) in [6.07, 6.45) is 3.02. The fourth-order valence-corrected chi connectivity index (χ4v) is 2.36. The molecule has 2 unspecified atom stereocenters. The Balaban J connectivity index is 0.00000288. The highest BCUT2D eigenvalue weighted by molar-refractivity contribution is 14.0. The summed E-state index contributed by atoms with van der Waals surface area (Å²) in [5.41, 5.74) is 2.15. The first-order valence-corrected chi connectivity index (χ1v) is 8.33. The van der Waals surface area contributed by atoms with E-state index in [4.69, 9.17) is 9.47 Å². The van der Waals surface area contributed by atoms with Crippen molar-refractivity contribution in [3.8, 4) is 0 Å². The van der Waals surface area contributed by atoms with Crippen LogP contribution >= 0.6 is 24.0 Å². The summed E-state index contributed by atoms with van der Waals surface area (Å²) in [5, 5.41) is 6.64. The molecule has 1 aliphatic heterocycles. The molecule has 7 heteroatoms. The van der Waals surface area contributed by atoms with E-state index in [1.807, 2.05) is 6.07 Å². The Labute approximate surface area is 161 Å². The molecule has 136 valence electrons. The number of rotatable bonds is 7. The maximum Gasteiger partial charge on any atom is 0.191 e. The van der Waals surface area contributed by atoms with E-state index < -0.39 is 0 Å². The van der Waals surface area contributed by atoms with Crippen molar-refractivity contribution < 1.29 is 9.47 Å². The van der Waals surface area contributed by atoms with Gasteiger partial charge in [0.05, 0.1) is 31.6 Å². The maximum atomic E-state index is 5.84. The number of hydrogen-bond acceptors (Lipinski definition) is 4. The van der Waals surface area contributed by atoms with Crippen molar-refractivity contribution in [2.45, 2.75) is 45.9 Å². The molecule has 1 saturated heterocycles. The van der Waals surface area contributed by atoms with Crippen LogP contribution in [0.15, 0.2) is 23.3 Å². The number of nitrogens with one attached hydrogen (secondary N) is 2. The molecule has 1 fully saturated rings. The van der Waals surface area contributed by atoms with Gasteiger partial charge in [-0.2, -0.15) is 0 Å². The molecule has 0 saturated carbocycles. The van der Waals surface area contributed by atoms with Crippen molar-refractivity contribution in [3.63, 3.8) is 0 Å². The molecule has 6 nitrogen and oxygen atoms in total. The second-order valence-electron chi connectivity index (χ2n) is 5.83. The third-order valence-electron chi connectivity index (χ3n) is 3.70. The lowest BCUT2D eigenvalue weighted by Crippen LogP contribution is -2.44. The number of aliphatic imine (C=N–C) groups is 1. The second-order valence-corrected chi connectivity index (χ2v) is 5.83. The van der Waals surface area contributed by atoms with Gasteiger partial charge in [-0.3, -0.25) is 4.98 Å². The molecular formula is C17H29IN4O2. The fraction of sp³-hybridized carbons (Fsp3) is 0.647. The van der Waals surface area contributed by atoms with E-state index in [1.54, 1.807) is 6.20 Å². The van der Waals surface area contributed by atoms with Crippen molar-refractivity contribution in [1.82, 2.24) is 15.6 Å². The molecule has 2 rings (SSSR count). The van der Waals surface area contributed by atoms with Gasteiger partial charge in [0.25, 0.3) is 0 Å². The number of guanidine groups is 1. The van der Waals surface area contributed by atoms with Crippen LogP contribution in [0.4, 0.5) is 0 Å². The molecule has 0 aromatic carbocycles. The topological polar surface area (TPSA) is 67.8 Å². The van der Waals surface area contributed by atoms with E-state index in [9.17, 15) is 0 Å². The standard InChI is InChI=1S/C17H28N4O2.HI/c1-4-18-17(20-10-16-13(2)6-5-8-19-16)21-14(3)11-23-15-7-9-22-12-15;/h5-6,8,14-15H,4,7,9-12H2,1-3H3,(H2,18,20,21);1H. The normalized spacial score (nSPS) is 18.8. The van der Waals surface area contributed by atoms with Crippen LogP contribution in [0, 0.1) is 6.92 Å². The van der Waals surface area contributed by atoms with Crippen LogP contribution in [0.3, 0.4) is 0 Å². The minimum atomic E-state index is 0. The molecule has 0 amide bonds. The van der Waals surface area contributed by atoms with Gasteiger partial charge in [-0.25, -0.2) is 4.99 Å². The average Bonchev–Trinajstić information content (AvgIpc) is 3.05. The van der Waals surface area contributed by atoms with Crippen LogP contribution in [0.2, 0.25) is 0 Å². The highest BCUT2D eigenvalue weighted by atomic mass is 127. The lowest BCUT2D eigenvalue weighted by molar-refractivity contribution is 0.0347. The van der Waals surface area contributed by atoms with Gasteiger partial charge in [-0.1, -0.05) is 6.07 Å². The van der Waals surface area contributed by atoms with Gasteiger partial charge < -0.3 is 20.1 Å². The van der Waals surface area contributed by atoms with Gasteiger partial charge in [-0.15, -0.1) is 24.0 Å². The predicted molar refractivity (Wildman–Crippen MR) is 107 cm³/mol. The second kappa shape index (κ2) is 11.6. The Morgan fingerprint density at radius 1 is 1.54 bits per heavy atom. The van der Waals surface area contributed by atoms with Crippen molar-refractivity contribution in [1.29, 1.82) is 0 Å². The smallest absolute Gasteiger partial charge is 0.191 e. The highest BCUT2D eigenvalue weighted by Crippen LogP contribution is 2.08. The third-order valence-corrected chi connectivity index (χ3v) is 3.70. The highest BCUT2D eigenvalue weighted by Gasteiger charge is 2.17. The number of ether oxygens (including phenoxy) is 2.